The highest BCUT2D eigenvalue weighted by Gasteiger charge is 2.08. The van der Waals surface area contributed by atoms with Crippen molar-refractivity contribution in [2.75, 3.05) is 0 Å². The summed E-state index contributed by atoms with van der Waals surface area (Å²) in [6.07, 6.45) is 1.47. The summed E-state index contributed by atoms with van der Waals surface area (Å²) in [6, 6.07) is 5.54. The monoisotopic (exact) mass is 248 g/mol. The molecular formula is C10H8N4O2S. The molecule has 0 spiro atoms. The first-order valence-electron chi connectivity index (χ1n) is 4.85. The minimum atomic E-state index is -0.00801. The van der Waals surface area contributed by atoms with Crippen molar-refractivity contribution in [1.82, 2.24) is 9.84 Å². The Balaban J connectivity index is 2.27. The van der Waals surface area contributed by atoms with E-state index in [1.54, 1.807) is 11.6 Å². The lowest BCUT2D eigenvalue weighted by molar-refractivity contribution is -0.676. The number of aryl methyl sites for hydroxylation is 1. The Labute approximate surface area is 98.8 Å². The summed E-state index contributed by atoms with van der Waals surface area (Å²) in [5.41, 5.74) is 1.65. The third-order valence-electron chi connectivity index (χ3n) is 2.51. The number of fused-ring (bicyclic) bond motifs is 1. The first-order chi connectivity index (χ1) is 8.15. The second-order valence-electron chi connectivity index (χ2n) is 3.59. The van der Waals surface area contributed by atoms with E-state index in [1.807, 2.05) is 18.2 Å². The smallest absolute Gasteiger partial charge is 0.307 e. The summed E-state index contributed by atoms with van der Waals surface area (Å²) < 4.78 is 8.63. The molecule has 86 valence electrons. The van der Waals surface area contributed by atoms with Crippen LogP contribution in [-0.2, 0) is 7.05 Å². The highest BCUT2D eigenvalue weighted by atomic mass is 32.1. The topological polar surface area (TPSA) is 77.0 Å². The van der Waals surface area contributed by atoms with Crippen molar-refractivity contribution in [1.29, 1.82) is 5.41 Å². The third-order valence-corrected chi connectivity index (χ3v) is 3.50. The van der Waals surface area contributed by atoms with Crippen LogP contribution < -0.4 is 20.4 Å². The van der Waals surface area contributed by atoms with Crippen molar-refractivity contribution in [3.8, 4) is 5.69 Å². The molecule has 0 saturated carbocycles. The zero-order valence-electron chi connectivity index (χ0n) is 8.88. The van der Waals surface area contributed by atoms with Gasteiger partial charge in [0.05, 0.1) is 10.2 Å². The lowest BCUT2D eigenvalue weighted by Crippen LogP contribution is -2.33. The molecule has 0 aliphatic rings. The largest absolute Gasteiger partial charge is 0.487 e. The van der Waals surface area contributed by atoms with Gasteiger partial charge in [0.2, 0.25) is 11.9 Å². The highest BCUT2D eigenvalue weighted by molar-refractivity contribution is 7.16. The number of nitrogens with zero attached hydrogens (tertiary/aromatic N) is 3. The summed E-state index contributed by atoms with van der Waals surface area (Å²) in [7, 11) is 1.74. The zero-order valence-corrected chi connectivity index (χ0v) is 9.69. The highest BCUT2D eigenvalue weighted by Crippen LogP contribution is 2.17. The summed E-state index contributed by atoms with van der Waals surface area (Å²) >= 11 is 1.18. The van der Waals surface area contributed by atoms with Gasteiger partial charge in [0.1, 0.15) is 0 Å². The predicted molar refractivity (Wildman–Crippen MR) is 60.0 cm³/mol. The first-order valence-corrected chi connectivity index (χ1v) is 5.67. The summed E-state index contributed by atoms with van der Waals surface area (Å²) in [6.45, 7) is 0. The van der Waals surface area contributed by atoms with Crippen LogP contribution in [0.15, 0.2) is 33.7 Å². The van der Waals surface area contributed by atoms with Crippen LogP contribution in [0.3, 0.4) is 0 Å². The Morgan fingerprint density at radius 2 is 2.35 bits per heavy atom. The molecule has 2 heterocycles. The number of thiazole rings is 1. The van der Waals surface area contributed by atoms with Crippen molar-refractivity contribution in [2.45, 2.75) is 0 Å². The number of nitrogens with one attached hydrogen (secondary N) is 1. The van der Waals surface area contributed by atoms with Gasteiger partial charge in [-0.15, -0.1) is 0 Å². The zero-order chi connectivity index (χ0) is 12.0. The fraction of sp³-hybridized carbons (Fsp3) is 0.100. The molecule has 0 unspecified atom stereocenters. The maximum atomic E-state index is 11.5. The Morgan fingerprint density at radius 3 is 3.06 bits per heavy atom. The van der Waals surface area contributed by atoms with E-state index in [1.165, 1.54) is 22.2 Å². The predicted octanol–water partition coefficient (Wildman–Crippen LogP) is -0.0936. The van der Waals surface area contributed by atoms with E-state index in [0.29, 0.717) is 0 Å². The van der Waals surface area contributed by atoms with E-state index >= 15 is 0 Å². The minimum absolute atomic E-state index is 0.00323. The minimum Gasteiger partial charge on any atom is -0.487 e. The fourth-order valence-electron chi connectivity index (χ4n) is 1.63. The van der Waals surface area contributed by atoms with E-state index < -0.39 is 0 Å². The maximum Gasteiger partial charge on any atom is 0.307 e. The van der Waals surface area contributed by atoms with Crippen LogP contribution in [-0.4, -0.2) is 4.57 Å². The second kappa shape index (κ2) is 3.42. The molecule has 3 aromatic rings. The van der Waals surface area contributed by atoms with Gasteiger partial charge >= 0.3 is 4.87 Å². The van der Waals surface area contributed by atoms with Crippen LogP contribution >= 0.6 is 11.3 Å². The second-order valence-corrected chi connectivity index (χ2v) is 4.58. The average molecular weight is 248 g/mol. The molecule has 0 radical (unpaired) electrons. The Morgan fingerprint density at radius 1 is 1.53 bits per heavy atom. The Bertz CT molecular complexity index is 807. The number of rotatable bonds is 1. The molecule has 0 aliphatic heterocycles. The molecule has 1 N–H and O–H groups in total. The van der Waals surface area contributed by atoms with E-state index in [4.69, 9.17) is 5.41 Å². The first kappa shape index (κ1) is 10.0. The molecule has 17 heavy (non-hydrogen) atoms. The fourth-order valence-corrected chi connectivity index (χ4v) is 2.55. The lowest BCUT2D eigenvalue weighted by Gasteiger charge is -1.97. The molecule has 0 aliphatic carbocycles. The van der Waals surface area contributed by atoms with Crippen molar-refractivity contribution < 1.29 is 9.20 Å². The van der Waals surface area contributed by atoms with Crippen molar-refractivity contribution in [3.05, 3.63) is 39.6 Å². The molecule has 2 aromatic heterocycles. The van der Waals surface area contributed by atoms with Gasteiger partial charge in [0.15, 0.2) is 0 Å². The van der Waals surface area contributed by atoms with E-state index in [-0.39, 0.29) is 10.4 Å². The van der Waals surface area contributed by atoms with Crippen molar-refractivity contribution in [3.63, 3.8) is 0 Å². The van der Waals surface area contributed by atoms with Crippen molar-refractivity contribution >= 4 is 21.6 Å². The van der Waals surface area contributed by atoms with Gasteiger partial charge in [-0.25, -0.2) is 4.68 Å². The van der Waals surface area contributed by atoms with Crippen LogP contribution in [0.25, 0.3) is 15.9 Å². The molecule has 7 heteroatoms. The molecule has 0 amide bonds. The van der Waals surface area contributed by atoms with Crippen LogP contribution in [0, 0.1) is 5.41 Å². The Kier molecular flexibility index (Phi) is 2.02. The normalized spacial score (nSPS) is 11.1. The maximum absolute atomic E-state index is 11.5. The van der Waals surface area contributed by atoms with Gasteiger partial charge in [-0.2, -0.15) is 0 Å². The van der Waals surface area contributed by atoms with Crippen LogP contribution in [0.2, 0.25) is 0 Å². The molecule has 0 fully saturated rings. The SMILES string of the molecule is Cn1c(=O)sc2cc(-[n+]3cc(=N)o[n-]3)ccc21. The summed E-state index contributed by atoms with van der Waals surface area (Å²) in [4.78, 5) is 11.5. The van der Waals surface area contributed by atoms with Crippen LogP contribution in [0.4, 0.5) is 0 Å². The van der Waals surface area contributed by atoms with Crippen LogP contribution in [0.1, 0.15) is 0 Å². The number of benzene rings is 1. The molecular weight excluding hydrogens is 240 g/mol. The quantitative estimate of drug-likeness (QED) is 0.611. The van der Waals surface area contributed by atoms with E-state index in [2.05, 4.69) is 9.79 Å². The van der Waals surface area contributed by atoms with E-state index in [0.717, 1.165) is 15.9 Å². The lowest BCUT2D eigenvalue weighted by atomic mass is 10.3. The van der Waals surface area contributed by atoms with Gasteiger partial charge < -0.3 is 9.09 Å². The number of aromatic nitrogens is 3. The van der Waals surface area contributed by atoms with Gasteiger partial charge in [-0.1, -0.05) is 11.3 Å². The molecule has 0 saturated heterocycles. The summed E-state index contributed by atoms with van der Waals surface area (Å²) in [5.74, 6) is 0. The van der Waals surface area contributed by atoms with E-state index in [9.17, 15) is 4.79 Å². The molecule has 0 bridgehead atoms. The number of hydrogen-bond acceptors (Lipinski definition) is 4. The molecule has 0 atom stereocenters. The standard InChI is InChI=1S/C10H8N4O2S/c1-13-7-3-2-6(4-8(7)17-10(13)15)14-5-9(11)16-12-14/h2-5,11H,1H3. The van der Waals surface area contributed by atoms with Gasteiger partial charge in [-0.3, -0.25) is 15.5 Å². The van der Waals surface area contributed by atoms with Crippen molar-refractivity contribution in [2.24, 2.45) is 7.05 Å². The average Bonchev–Trinajstić information content (AvgIpc) is 2.85. The van der Waals surface area contributed by atoms with Gasteiger partial charge in [0, 0.05) is 19.2 Å². The molecule has 1 aromatic carbocycles. The van der Waals surface area contributed by atoms with Gasteiger partial charge in [-0.05, 0) is 6.07 Å². The Hall–Kier alpha value is -2.15. The number of hydrogen-bond donors (Lipinski definition) is 1. The van der Waals surface area contributed by atoms with Crippen LogP contribution in [0.5, 0.6) is 0 Å². The third kappa shape index (κ3) is 1.51. The van der Waals surface area contributed by atoms with Gasteiger partial charge in [0.25, 0.3) is 5.55 Å². The molecule has 6 nitrogen and oxygen atoms in total. The summed E-state index contributed by atoms with van der Waals surface area (Å²) in [5, 5.41) is 11.0. The molecule has 3 rings (SSSR count).